The summed E-state index contributed by atoms with van der Waals surface area (Å²) in [4.78, 5) is 38.7. The van der Waals surface area contributed by atoms with Crippen molar-refractivity contribution in [1.29, 1.82) is 0 Å². The predicted molar refractivity (Wildman–Crippen MR) is 87.3 cm³/mol. The lowest BCUT2D eigenvalue weighted by Crippen LogP contribution is -2.32. The maximum atomic E-state index is 12.8. The minimum absolute atomic E-state index is 0.0460. The molecular weight excluding hydrogens is 312 g/mol. The number of nitrogens with zero attached hydrogens (tertiary/aromatic N) is 2. The lowest BCUT2D eigenvalue weighted by atomic mass is 9.85. The summed E-state index contributed by atoms with van der Waals surface area (Å²) in [6.45, 7) is 0. The molecule has 2 fully saturated rings. The number of rotatable bonds is 1. The number of aromatic nitrogens is 1. The summed E-state index contributed by atoms with van der Waals surface area (Å²) >= 11 is 1.17. The van der Waals surface area contributed by atoms with Crippen LogP contribution in [0.15, 0.2) is 35.1 Å². The van der Waals surface area contributed by atoms with E-state index in [-0.39, 0.29) is 40.4 Å². The maximum absolute atomic E-state index is 12.8. The number of aryl methyl sites for hydroxylation is 1. The number of carbonyl (C=O) groups excluding carboxylic acids is 2. The van der Waals surface area contributed by atoms with Crippen LogP contribution in [0.4, 0.5) is 5.69 Å². The van der Waals surface area contributed by atoms with E-state index in [2.05, 4.69) is 12.2 Å². The van der Waals surface area contributed by atoms with E-state index in [4.69, 9.17) is 0 Å². The SMILES string of the molecule is Cn1c(=O)sc2ccc(N3C(=O)[C@@H]4C5C=CC(C5)[C@@H]4C3=O)cc21. The first-order chi connectivity index (χ1) is 11.1. The normalized spacial score (nSPS) is 31.6. The molecule has 5 nitrogen and oxygen atoms in total. The molecule has 1 aromatic carbocycles. The average molecular weight is 326 g/mol. The van der Waals surface area contributed by atoms with Crippen LogP contribution in [0.5, 0.6) is 0 Å². The van der Waals surface area contributed by atoms with Crippen molar-refractivity contribution in [3.05, 3.63) is 40.0 Å². The molecule has 116 valence electrons. The molecule has 23 heavy (non-hydrogen) atoms. The van der Waals surface area contributed by atoms with Crippen molar-refractivity contribution < 1.29 is 9.59 Å². The molecule has 2 bridgehead atoms. The van der Waals surface area contributed by atoms with Crippen molar-refractivity contribution in [2.24, 2.45) is 30.7 Å². The van der Waals surface area contributed by atoms with Gasteiger partial charge in [-0.2, -0.15) is 0 Å². The zero-order chi connectivity index (χ0) is 15.9. The largest absolute Gasteiger partial charge is 0.307 e. The Morgan fingerprint density at radius 2 is 1.70 bits per heavy atom. The molecular formula is C17H14N2O3S. The topological polar surface area (TPSA) is 59.4 Å². The van der Waals surface area contributed by atoms with Crippen LogP contribution in [0.2, 0.25) is 0 Å². The first-order valence-electron chi connectivity index (χ1n) is 7.72. The number of anilines is 1. The average Bonchev–Trinajstić information content (AvgIpc) is 3.26. The molecule has 0 N–H and O–H groups in total. The van der Waals surface area contributed by atoms with Crippen molar-refractivity contribution >= 4 is 39.1 Å². The van der Waals surface area contributed by atoms with E-state index in [9.17, 15) is 14.4 Å². The second-order valence-corrected chi connectivity index (χ2v) is 7.58. The van der Waals surface area contributed by atoms with Gasteiger partial charge >= 0.3 is 4.87 Å². The summed E-state index contributed by atoms with van der Waals surface area (Å²) in [5.74, 6) is -0.145. The number of amides is 2. The van der Waals surface area contributed by atoms with Gasteiger partial charge in [0.25, 0.3) is 0 Å². The molecule has 6 heteroatoms. The summed E-state index contributed by atoms with van der Waals surface area (Å²) in [5, 5.41) is 0. The summed E-state index contributed by atoms with van der Waals surface area (Å²) in [5.41, 5.74) is 1.34. The van der Waals surface area contributed by atoms with E-state index in [1.165, 1.54) is 16.2 Å². The van der Waals surface area contributed by atoms with Gasteiger partial charge < -0.3 is 4.57 Å². The highest BCUT2D eigenvalue weighted by Crippen LogP contribution is 2.53. The number of benzene rings is 1. The van der Waals surface area contributed by atoms with Gasteiger partial charge in [-0.15, -0.1) is 0 Å². The quantitative estimate of drug-likeness (QED) is 0.594. The van der Waals surface area contributed by atoms with Crippen molar-refractivity contribution in [1.82, 2.24) is 4.57 Å². The number of fused-ring (bicyclic) bond motifs is 6. The number of allylic oxidation sites excluding steroid dienone is 2. The van der Waals surface area contributed by atoms with Gasteiger partial charge in [-0.3, -0.25) is 14.4 Å². The molecule has 2 heterocycles. The van der Waals surface area contributed by atoms with E-state index in [0.717, 1.165) is 16.6 Å². The predicted octanol–water partition coefficient (Wildman–Crippen LogP) is 1.91. The summed E-state index contributed by atoms with van der Waals surface area (Å²) in [6, 6.07) is 5.36. The van der Waals surface area contributed by atoms with Crippen LogP contribution in [0.25, 0.3) is 10.2 Å². The van der Waals surface area contributed by atoms with Gasteiger partial charge in [-0.25, -0.2) is 4.90 Å². The van der Waals surface area contributed by atoms with E-state index in [1.54, 1.807) is 23.7 Å². The van der Waals surface area contributed by atoms with Crippen LogP contribution in [-0.4, -0.2) is 16.4 Å². The standard InChI is InChI=1S/C17H14N2O3S/c1-18-11-7-10(4-5-12(11)23-17(18)22)19-15(20)13-8-2-3-9(6-8)14(13)16(19)21/h2-5,7-9,13-14H,6H2,1H3/t8?,9?,13-,14+. The van der Waals surface area contributed by atoms with E-state index >= 15 is 0 Å². The Balaban J connectivity index is 1.63. The van der Waals surface area contributed by atoms with Crippen LogP contribution in [0, 0.1) is 23.7 Å². The van der Waals surface area contributed by atoms with Crippen molar-refractivity contribution in [2.75, 3.05) is 4.90 Å². The molecule has 2 aromatic rings. The van der Waals surface area contributed by atoms with Crippen LogP contribution in [-0.2, 0) is 16.6 Å². The Morgan fingerprint density at radius 1 is 1.04 bits per heavy atom. The Kier molecular flexibility index (Phi) is 2.42. The number of hydrogen-bond acceptors (Lipinski definition) is 4. The Labute approximate surface area is 135 Å². The number of imide groups is 1. The lowest BCUT2D eigenvalue weighted by Gasteiger charge is -2.17. The zero-order valence-corrected chi connectivity index (χ0v) is 13.2. The molecule has 2 unspecified atom stereocenters. The van der Waals surface area contributed by atoms with E-state index in [1.807, 2.05) is 6.07 Å². The van der Waals surface area contributed by atoms with Crippen LogP contribution >= 0.6 is 11.3 Å². The van der Waals surface area contributed by atoms with Crippen molar-refractivity contribution in [3.63, 3.8) is 0 Å². The van der Waals surface area contributed by atoms with Crippen LogP contribution in [0.1, 0.15) is 6.42 Å². The fourth-order valence-electron chi connectivity index (χ4n) is 4.41. The van der Waals surface area contributed by atoms with Crippen molar-refractivity contribution in [2.45, 2.75) is 6.42 Å². The Bertz CT molecular complexity index is 940. The second kappa shape index (κ2) is 4.20. The summed E-state index contributed by atoms with van der Waals surface area (Å²) in [7, 11) is 1.71. The molecule has 0 spiro atoms. The number of carbonyl (C=O) groups is 2. The van der Waals surface area contributed by atoms with E-state index < -0.39 is 0 Å². The lowest BCUT2D eigenvalue weighted by molar-refractivity contribution is -0.123. The highest BCUT2D eigenvalue weighted by Gasteiger charge is 2.59. The zero-order valence-electron chi connectivity index (χ0n) is 12.4. The molecule has 3 aliphatic rings. The first kappa shape index (κ1) is 13.2. The van der Waals surface area contributed by atoms with Gasteiger partial charge in [0.15, 0.2) is 0 Å². The molecule has 5 rings (SSSR count). The summed E-state index contributed by atoms with van der Waals surface area (Å²) in [6.07, 6.45) is 5.11. The van der Waals surface area contributed by atoms with Crippen LogP contribution in [0.3, 0.4) is 0 Å². The highest BCUT2D eigenvalue weighted by molar-refractivity contribution is 7.16. The Hall–Kier alpha value is -2.21. The van der Waals surface area contributed by atoms with Gasteiger partial charge in [0.05, 0.1) is 27.7 Å². The molecule has 2 amide bonds. The molecule has 2 aliphatic carbocycles. The van der Waals surface area contributed by atoms with Gasteiger partial charge in [-0.05, 0) is 36.5 Å². The summed E-state index contributed by atoms with van der Waals surface area (Å²) < 4.78 is 2.42. The van der Waals surface area contributed by atoms with Crippen molar-refractivity contribution in [3.8, 4) is 0 Å². The number of hydrogen-bond donors (Lipinski definition) is 0. The third kappa shape index (κ3) is 1.54. The highest BCUT2D eigenvalue weighted by atomic mass is 32.1. The fourth-order valence-corrected chi connectivity index (χ4v) is 5.27. The molecule has 0 radical (unpaired) electrons. The molecule has 1 saturated heterocycles. The minimum Gasteiger partial charge on any atom is -0.302 e. The second-order valence-electron chi connectivity index (χ2n) is 6.59. The van der Waals surface area contributed by atoms with Gasteiger partial charge in [0.2, 0.25) is 11.8 Å². The van der Waals surface area contributed by atoms with E-state index in [0.29, 0.717) is 5.69 Å². The maximum Gasteiger partial charge on any atom is 0.307 e. The monoisotopic (exact) mass is 326 g/mol. The number of thiazole rings is 1. The van der Waals surface area contributed by atoms with Gasteiger partial charge in [0.1, 0.15) is 0 Å². The first-order valence-corrected chi connectivity index (χ1v) is 8.53. The fraction of sp³-hybridized carbons (Fsp3) is 0.353. The molecule has 1 saturated carbocycles. The smallest absolute Gasteiger partial charge is 0.302 e. The third-order valence-electron chi connectivity index (χ3n) is 5.50. The molecule has 1 aliphatic heterocycles. The van der Waals surface area contributed by atoms with Gasteiger partial charge in [-0.1, -0.05) is 23.5 Å². The molecule has 1 aromatic heterocycles. The minimum atomic E-state index is -0.195. The third-order valence-corrected chi connectivity index (χ3v) is 6.52. The Morgan fingerprint density at radius 3 is 2.35 bits per heavy atom. The molecule has 4 atom stereocenters. The van der Waals surface area contributed by atoms with Crippen LogP contribution < -0.4 is 9.77 Å². The van der Waals surface area contributed by atoms with Gasteiger partial charge in [0, 0.05) is 7.05 Å².